The molecule has 0 aromatic heterocycles. The Balaban J connectivity index is 1.59. The lowest BCUT2D eigenvalue weighted by atomic mass is 10.0. The fourth-order valence-corrected chi connectivity index (χ4v) is 4.04. The van der Waals surface area contributed by atoms with Gasteiger partial charge in [-0.15, -0.1) is 0 Å². The Bertz CT molecular complexity index is 785. The van der Waals surface area contributed by atoms with Crippen LogP contribution < -0.4 is 4.74 Å². The molecule has 1 atom stereocenters. The van der Waals surface area contributed by atoms with Crippen molar-refractivity contribution >= 4 is 5.91 Å². The second-order valence-electron chi connectivity index (χ2n) is 8.30. The van der Waals surface area contributed by atoms with Gasteiger partial charge in [-0.1, -0.05) is 38.1 Å². The molecule has 4 nitrogen and oxygen atoms in total. The van der Waals surface area contributed by atoms with Crippen LogP contribution in [0.5, 0.6) is 5.75 Å². The Morgan fingerprint density at radius 3 is 2.61 bits per heavy atom. The first-order valence-corrected chi connectivity index (χ1v) is 10.2. The van der Waals surface area contributed by atoms with E-state index in [4.69, 9.17) is 4.74 Å². The molecule has 0 spiro atoms. The number of amides is 1. The molecule has 0 saturated carbocycles. The average Bonchev–Trinajstić information content (AvgIpc) is 3.13. The number of nitrogens with zero attached hydrogens (tertiary/aromatic N) is 2. The van der Waals surface area contributed by atoms with Crippen LogP contribution in [0.3, 0.4) is 0 Å². The minimum Gasteiger partial charge on any atom is -0.497 e. The molecule has 4 heteroatoms. The Hall–Kier alpha value is -2.33. The molecule has 1 aliphatic rings. The fraction of sp³-hybridized carbons (Fsp3) is 0.458. The summed E-state index contributed by atoms with van der Waals surface area (Å²) >= 11 is 0. The van der Waals surface area contributed by atoms with Gasteiger partial charge in [-0.2, -0.15) is 0 Å². The quantitative estimate of drug-likeness (QED) is 0.713. The first-order chi connectivity index (χ1) is 13.5. The molecule has 2 aromatic carbocycles. The smallest absolute Gasteiger partial charge is 0.253 e. The minimum absolute atomic E-state index is 0.0968. The summed E-state index contributed by atoms with van der Waals surface area (Å²) < 4.78 is 5.30. The molecule has 0 N–H and O–H groups in total. The molecular weight excluding hydrogens is 348 g/mol. The number of rotatable bonds is 7. The van der Waals surface area contributed by atoms with Gasteiger partial charge in [-0.3, -0.25) is 4.79 Å². The van der Waals surface area contributed by atoms with Crippen LogP contribution in [0.25, 0.3) is 11.1 Å². The van der Waals surface area contributed by atoms with E-state index < -0.39 is 0 Å². The monoisotopic (exact) mass is 380 g/mol. The molecule has 0 radical (unpaired) electrons. The number of carbonyl (C=O) groups is 1. The van der Waals surface area contributed by atoms with Gasteiger partial charge in [0.2, 0.25) is 0 Å². The molecule has 1 fully saturated rings. The fourth-order valence-electron chi connectivity index (χ4n) is 4.04. The molecule has 0 unspecified atom stereocenters. The molecule has 150 valence electrons. The SMILES string of the molecule is COc1cccc(-c2ccc(C(=O)N(C)C[C@@H]3CCN(CC(C)C)C3)cc2)c1. The van der Waals surface area contributed by atoms with Crippen LogP contribution in [-0.4, -0.2) is 56.0 Å². The van der Waals surface area contributed by atoms with Crippen molar-refractivity contribution in [3.63, 3.8) is 0 Å². The van der Waals surface area contributed by atoms with Crippen LogP contribution in [0, 0.1) is 11.8 Å². The van der Waals surface area contributed by atoms with Gasteiger partial charge in [0.1, 0.15) is 5.75 Å². The third kappa shape index (κ3) is 5.14. The molecule has 1 saturated heterocycles. The van der Waals surface area contributed by atoms with Gasteiger partial charge in [-0.25, -0.2) is 0 Å². The summed E-state index contributed by atoms with van der Waals surface area (Å²) in [5.41, 5.74) is 2.91. The predicted molar refractivity (Wildman–Crippen MR) is 115 cm³/mol. The van der Waals surface area contributed by atoms with Gasteiger partial charge in [0.25, 0.3) is 5.91 Å². The summed E-state index contributed by atoms with van der Waals surface area (Å²) in [5.74, 6) is 2.20. The average molecular weight is 381 g/mol. The maximum absolute atomic E-state index is 12.8. The number of carbonyl (C=O) groups excluding carboxylic acids is 1. The van der Waals surface area contributed by atoms with Gasteiger partial charge in [0, 0.05) is 32.2 Å². The van der Waals surface area contributed by atoms with Crippen LogP contribution in [-0.2, 0) is 0 Å². The van der Waals surface area contributed by atoms with E-state index in [9.17, 15) is 4.79 Å². The second-order valence-corrected chi connectivity index (χ2v) is 8.30. The van der Waals surface area contributed by atoms with Crippen LogP contribution >= 0.6 is 0 Å². The number of likely N-dealkylation sites (tertiary alicyclic amines) is 1. The lowest BCUT2D eigenvalue weighted by Gasteiger charge is -2.22. The zero-order chi connectivity index (χ0) is 20.1. The summed E-state index contributed by atoms with van der Waals surface area (Å²) in [6.45, 7) is 8.76. The van der Waals surface area contributed by atoms with Crippen molar-refractivity contribution in [1.82, 2.24) is 9.80 Å². The highest BCUT2D eigenvalue weighted by molar-refractivity contribution is 5.94. The van der Waals surface area contributed by atoms with Crippen molar-refractivity contribution < 1.29 is 9.53 Å². The normalized spacial score (nSPS) is 17.1. The third-order valence-electron chi connectivity index (χ3n) is 5.41. The predicted octanol–water partition coefficient (Wildman–Crippen LogP) is 4.41. The van der Waals surface area contributed by atoms with E-state index >= 15 is 0 Å². The van der Waals surface area contributed by atoms with Gasteiger partial charge >= 0.3 is 0 Å². The van der Waals surface area contributed by atoms with Crippen LogP contribution in [0.1, 0.15) is 30.6 Å². The zero-order valence-corrected chi connectivity index (χ0v) is 17.5. The molecule has 0 bridgehead atoms. The van der Waals surface area contributed by atoms with E-state index in [0.717, 1.165) is 48.6 Å². The summed E-state index contributed by atoms with van der Waals surface area (Å²) in [7, 11) is 3.59. The Morgan fingerprint density at radius 1 is 1.18 bits per heavy atom. The number of ether oxygens (including phenoxy) is 1. The number of hydrogen-bond donors (Lipinski definition) is 0. The van der Waals surface area contributed by atoms with Crippen molar-refractivity contribution in [3.05, 3.63) is 54.1 Å². The molecule has 2 aromatic rings. The maximum Gasteiger partial charge on any atom is 0.253 e. The summed E-state index contributed by atoms with van der Waals surface area (Å²) in [5, 5.41) is 0. The number of methoxy groups -OCH3 is 1. The zero-order valence-electron chi connectivity index (χ0n) is 17.5. The van der Waals surface area contributed by atoms with Crippen molar-refractivity contribution in [2.45, 2.75) is 20.3 Å². The molecule has 1 heterocycles. The maximum atomic E-state index is 12.8. The standard InChI is InChI=1S/C24H32N2O2/c1-18(2)15-26-13-12-19(17-26)16-25(3)24(27)21-10-8-20(9-11-21)22-6-5-7-23(14-22)28-4/h5-11,14,18-19H,12-13,15-17H2,1-4H3/t19-/m0/s1. The van der Waals surface area contributed by atoms with Crippen LogP contribution in [0.2, 0.25) is 0 Å². The Kier molecular flexibility index (Phi) is 6.74. The highest BCUT2D eigenvalue weighted by atomic mass is 16.5. The number of hydrogen-bond acceptors (Lipinski definition) is 3. The van der Waals surface area contributed by atoms with E-state index in [1.54, 1.807) is 7.11 Å². The second kappa shape index (κ2) is 9.24. The first kappa shape index (κ1) is 20.4. The van der Waals surface area contributed by atoms with Gasteiger partial charge < -0.3 is 14.5 Å². The van der Waals surface area contributed by atoms with E-state index in [1.165, 1.54) is 6.42 Å². The third-order valence-corrected chi connectivity index (χ3v) is 5.41. The van der Waals surface area contributed by atoms with Crippen molar-refractivity contribution in [1.29, 1.82) is 0 Å². The minimum atomic E-state index is 0.0968. The molecule has 28 heavy (non-hydrogen) atoms. The molecule has 3 rings (SSSR count). The van der Waals surface area contributed by atoms with E-state index in [1.807, 2.05) is 54.4 Å². The van der Waals surface area contributed by atoms with Gasteiger partial charge in [-0.05, 0) is 60.2 Å². The largest absolute Gasteiger partial charge is 0.497 e. The van der Waals surface area contributed by atoms with Crippen molar-refractivity contribution in [2.75, 3.05) is 40.3 Å². The topological polar surface area (TPSA) is 32.8 Å². The van der Waals surface area contributed by atoms with Crippen molar-refractivity contribution in [3.8, 4) is 16.9 Å². The van der Waals surface area contributed by atoms with Gasteiger partial charge in [0.05, 0.1) is 7.11 Å². The summed E-state index contributed by atoms with van der Waals surface area (Å²) in [6.07, 6.45) is 1.18. The van der Waals surface area contributed by atoms with Crippen molar-refractivity contribution in [2.24, 2.45) is 11.8 Å². The van der Waals surface area contributed by atoms with Crippen LogP contribution in [0.4, 0.5) is 0 Å². The Morgan fingerprint density at radius 2 is 1.93 bits per heavy atom. The lowest BCUT2D eigenvalue weighted by Crippen LogP contribution is -2.33. The first-order valence-electron chi connectivity index (χ1n) is 10.2. The van der Waals surface area contributed by atoms with Crippen LogP contribution in [0.15, 0.2) is 48.5 Å². The van der Waals surface area contributed by atoms with E-state index in [0.29, 0.717) is 11.8 Å². The number of benzene rings is 2. The highest BCUT2D eigenvalue weighted by Gasteiger charge is 2.25. The lowest BCUT2D eigenvalue weighted by molar-refractivity contribution is 0.0773. The van der Waals surface area contributed by atoms with E-state index in [2.05, 4.69) is 24.8 Å². The summed E-state index contributed by atoms with van der Waals surface area (Å²) in [6, 6.07) is 15.8. The van der Waals surface area contributed by atoms with E-state index in [-0.39, 0.29) is 5.91 Å². The molecule has 1 amide bonds. The van der Waals surface area contributed by atoms with Gasteiger partial charge in [0.15, 0.2) is 0 Å². The molecule has 1 aliphatic heterocycles. The molecular formula is C24H32N2O2. The summed E-state index contributed by atoms with van der Waals surface area (Å²) in [4.78, 5) is 17.2. The Labute approximate surface area is 169 Å². The molecule has 0 aliphatic carbocycles. The highest BCUT2D eigenvalue weighted by Crippen LogP contribution is 2.25.